The molecule has 0 aliphatic heterocycles. The number of carbonyl (C=O) groups is 2. The summed E-state index contributed by atoms with van der Waals surface area (Å²) in [7, 11) is 0. The number of pyridine rings is 1. The van der Waals surface area contributed by atoms with Gasteiger partial charge in [0.05, 0.1) is 17.3 Å². The lowest BCUT2D eigenvalue weighted by atomic mass is 10.2. The van der Waals surface area contributed by atoms with E-state index in [1.165, 1.54) is 12.8 Å². The molecule has 25 heavy (non-hydrogen) atoms. The van der Waals surface area contributed by atoms with Crippen LogP contribution < -0.4 is 16.0 Å². The van der Waals surface area contributed by atoms with Gasteiger partial charge in [0.25, 0.3) is 0 Å². The highest BCUT2D eigenvalue weighted by molar-refractivity contribution is 6.30. The number of hydrogen-bond donors (Lipinski definition) is 3. The van der Waals surface area contributed by atoms with Crippen LogP contribution in [0.5, 0.6) is 0 Å². The molecule has 2 aromatic rings. The zero-order valence-corrected chi connectivity index (χ0v) is 14.7. The highest BCUT2D eigenvalue weighted by atomic mass is 35.5. The molecule has 0 spiro atoms. The quantitative estimate of drug-likeness (QED) is 0.735. The SMILES string of the molecule is O=C(CCNC(=O)NCc1cn2cc(Cl)ccc2n1)NC1CCCC1. The van der Waals surface area contributed by atoms with Crippen LogP contribution in [-0.4, -0.2) is 33.9 Å². The minimum atomic E-state index is -0.316. The van der Waals surface area contributed by atoms with Crippen LogP contribution in [0.3, 0.4) is 0 Å². The molecule has 3 rings (SSSR count). The lowest BCUT2D eigenvalue weighted by molar-refractivity contribution is -0.121. The first-order valence-electron chi connectivity index (χ1n) is 8.54. The Bertz CT molecular complexity index is 755. The maximum atomic E-state index is 11.8. The molecule has 3 N–H and O–H groups in total. The van der Waals surface area contributed by atoms with E-state index in [4.69, 9.17) is 11.6 Å². The molecule has 8 heteroatoms. The number of nitrogens with one attached hydrogen (secondary N) is 3. The van der Waals surface area contributed by atoms with Crippen molar-refractivity contribution in [3.05, 3.63) is 35.2 Å². The molecule has 7 nitrogen and oxygen atoms in total. The first-order valence-corrected chi connectivity index (χ1v) is 8.92. The molecule has 1 aliphatic carbocycles. The number of nitrogens with zero attached hydrogens (tertiary/aromatic N) is 2. The number of hydrogen-bond acceptors (Lipinski definition) is 3. The number of carbonyl (C=O) groups excluding carboxylic acids is 2. The lowest BCUT2D eigenvalue weighted by Gasteiger charge is -2.12. The van der Waals surface area contributed by atoms with Crippen LogP contribution in [0.1, 0.15) is 37.8 Å². The molecule has 0 bridgehead atoms. The monoisotopic (exact) mass is 363 g/mol. The molecule has 0 unspecified atom stereocenters. The molecule has 0 saturated heterocycles. The van der Waals surface area contributed by atoms with Crippen LogP contribution in [0.4, 0.5) is 4.79 Å². The van der Waals surface area contributed by atoms with Gasteiger partial charge in [0.15, 0.2) is 0 Å². The number of aromatic nitrogens is 2. The van der Waals surface area contributed by atoms with Crippen molar-refractivity contribution in [3.63, 3.8) is 0 Å². The van der Waals surface area contributed by atoms with E-state index in [2.05, 4.69) is 20.9 Å². The van der Waals surface area contributed by atoms with Gasteiger partial charge < -0.3 is 20.4 Å². The summed E-state index contributed by atoms with van der Waals surface area (Å²) in [6.45, 7) is 0.616. The fourth-order valence-electron chi connectivity index (χ4n) is 3.00. The Morgan fingerprint density at radius 3 is 2.80 bits per heavy atom. The summed E-state index contributed by atoms with van der Waals surface area (Å²) >= 11 is 5.93. The molecule has 0 aromatic carbocycles. The molecule has 3 amide bonds. The summed E-state index contributed by atoms with van der Waals surface area (Å²) in [5.74, 6) is -0.00979. The Labute approximate surface area is 151 Å². The van der Waals surface area contributed by atoms with Crippen molar-refractivity contribution < 1.29 is 9.59 Å². The summed E-state index contributed by atoms with van der Waals surface area (Å²) in [6, 6.07) is 3.58. The molecule has 1 aliphatic rings. The third-order valence-corrected chi connectivity index (χ3v) is 4.48. The highest BCUT2D eigenvalue weighted by Gasteiger charge is 2.16. The molecule has 2 heterocycles. The Morgan fingerprint density at radius 1 is 1.20 bits per heavy atom. The van der Waals surface area contributed by atoms with E-state index in [0.717, 1.165) is 24.2 Å². The molecule has 1 fully saturated rings. The van der Waals surface area contributed by atoms with Gasteiger partial charge in [-0.3, -0.25) is 4.79 Å². The maximum Gasteiger partial charge on any atom is 0.315 e. The van der Waals surface area contributed by atoms with Gasteiger partial charge in [-0.25, -0.2) is 9.78 Å². The predicted molar refractivity (Wildman–Crippen MR) is 95.5 cm³/mol. The molecule has 0 radical (unpaired) electrons. The summed E-state index contributed by atoms with van der Waals surface area (Å²) in [5, 5.41) is 9.03. The molecule has 1 saturated carbocycles. The van der Waals surface area contributed by atoms with Gasteiger partial charge in [0, 0.05) is 31.4 Å². The second kappa shape index (κ2) is 8.20. The van der Waals surface area contributed by atoms with Gasteiger partial charge in [0.2, 0.25) is 5.91 Å². The first-order chi connectivity index (χ1) is 12.1. The van der Waals surface area contributed by atoms with Crippen molar-refractivity contribution in [2.45, 2.75) is 44.7 Å². The number of imidazole rings is 1. The largest absolute Gasteiger partial charge is 0.353 e. The van der Waals surface area contributed by atoms with Gasteiger partial charge in [-0.2, -0.15) is 0 Å². The van der Waals surface area contributed by atoms with E-state index in [-0.39, 0.29) is 18.4 Å². The Hall–Kier alpha value is -2.28. The van der Waals surface area contributed by atoms with Crippen molar-refractivity contribution in [3.8, 4) is 0 Å². The minimum absolute atomic E-state index is 0.00979. The summed E-state index contributed by atoms with van der Waals surface area (Å²) in [6.07, 6.45) is 8.35. The molecule has 2 aromatic heterocycles. The van der Waals surface area contributed by atoms with Crippen molar-refractivity contribution >= 4 is 29.2 Å². The van der Waals surface area contributed by atoms with Gasteiger partial charge in [0.1, 0.15) is 5.65 Å². The third kappa shape index (κ3) is 5.09. The van der Waals surface area contributed by atoms with Crippen molar-refractivity contribution in [2.75, 3.05) is 6.54 Å². The van der Waals surface area contributed by atoms with Gasteiger partial charge >= 0.3 is 6.03 Å². The van der Waals surface area contributed by atoms with E-state index in [1.807, 2.05) is 16.7 Å². The highest BCUT2D eigenvalue weighted by Crippen LogP contribution is 2.17. The van der Waals surface area contributed by atoms with E-state index in [0.29, 0.717) is 24.2 Å². The van der Waals surface area contributed by atoms with Crippen LogP contribution in [-0.2, 0) is 11.3 Å². The number of amides is 3. The maximum absolute atomic E-state index is 11.8. The zero-order valence-electron chi connectivity index (χ0n) is 13.9. The summed E-state index contributed by atoms with van der Waals surface area (Å²) in [5.41, 5.74) is 1.50. The number of fused-ring (bicyclic) bond motifs is 1. The van der Waals surface area contributed by atoms with Crippen molar-refractivity contribution in [1.29, 1.82) is 0 Å². The van der Waals surface area contributed by atoms with Crippen LogP contribution in [0, 0.1) is 0 Å². The number of halogens is 1. The third-order valence-electron chi connectivity index (χ3n) is 4.25. The fourth-order valence-corrected chi connectivity index (χ4v) is 3.16. The van der Waals surface area contributed by atoms with E-state index in [9.17, 15) is 9.59 Å². The minimum Gasteiger partial charge on any atom is -0.353 e. The smallest absolute Gasteiger partial charge is 0.315 e. The van der Waals surface area contributed by atoms with Gasteiger partial charge in [-0.15, -0.1) is 0 Å². The van der Waals surface area contributed by atoms with Crippen LogP contribution in [0.15, 0.2) is 24.5 Å². The Morgan fingerprint density at radius 2 is 2.00 bits per heavy atom. The van der Waals surface area contributed by atoms with Crippen molar-refractivity contribution in [2.24, 2.45) is 0 Å². The summed E-state index contributed by atoms with van der Waals surface area (Å²) in [4.78, 5) is 28.0. The number of rotatable bonds is 6. The molecular weight excluding hydrogens is 342 g/mol. The van der Waals surface area contributed by atoms with Crippen molar-refractivity contribution in [1.82, 2.24) is 25.3 Å². The normalized spacial score (nSPS) is 14.6. The standard InChI is InChI=1S/C17H22ClN5O2/c18-12-5-6-15-21-14(11-23(15)10-12)9-20-17(25)19-8-7-16(24)22-13-3-1-2-4-13/h5-6,10-11,13H,1-4,7-9H2,(H,22,24)(H2,19,20,25). The Kier molecular flexibility index (Phi) is 5.75. The lowest BCUT2D eigenvalue weighted by Crippen LogP contribution is -2.39. The second-order valence-corrected chi connectivity index (χ2v) is 6.69. The molecule has 134 valence electrons. The van der Waals surface area contributed by atoms with Gasteiger partial charge in [-0.05, 0) is 25.0 Å². The summed E-state index contributed by atoms with van der Waals surface area (Å²) < 4.78 is 1.81. The topological polar surface area (TPSA) is 87.5 Å². The first kappa shape index (κ1) is 17.5. The Balaban J connectivity index is 1.36. The fraction of sp³-hybridized carbons (Fsp3) is 0.471. The average Bonchev–Trinajstić information content (AvgIpc) is 3.21. The van der Waals surface area contributed by atoms with Gasteiger partial charge in [-0.1, -0.05) is 24.4 Å². The predicted octanol–water partition coefficient (Wildman–Crippen LogP) is 2.24. The van der Waals surface area contributed by atoms with E-state index < -0.39 is 0 Å². The average molecular weight is 364 g/mol. The van der Waals surface area contributed by atoms with E-state index in [1.54, 1.807) is 12.3 Å². The molecular formula is C17H22ClN5O2. The van der Waals surface area contributed by atoms with Crippen LogP contribution in [0.25, 0.3) is 5.65 Å². The number of urea groups is 1. The second-order valence-electron chi connectivity index (χ2n) is 6.25. The van der Waals surface area contributed by atoms with Crippen LogP contribution >= 0.6 is 11.6 Å². The van der Waals surface area contributed by atoms with Crippen LogP contribution in [0.2, 0.25) is 5.02 Å². The zero-order chi connectivity index (χ0) is 17.6. The molecule has 0 atom stereocenters. The van der Waals surface area contributed by atoms with E-state index >= 15 is 0 Å².